The molecule has 1 aliphatic heterocycles. The van der Waals surface area contributed by atoms with E-state index in [1.54, 1.807) is 18.5 Å². The number of fused-ring (bicyclic) bond motifs is 1. The summed E-state index contributed by atoms with van der Waals surface area (Å²) in [6.07, 6.45) is 3.16. The van der Waals surface area contributed by atoms with Gasteiger partial charge in [0, 0.05) is 28.1 Å². The molecule has 4 rings (SSSR count). The Kier molecular flexibility index (Phi) is 5.20. The molecule has 0 unspecified atom stereocenters. The van der Waals surface area contributed by atoms with Gasteiger partial charge in [0.25, 0.3) is 5.91 Å². The number of hydrogen-bond acceptors (Lipinski definition) is 4. The van der Waals surface area contributed by atoms with Gasteiger partial charge in [0.05, 0.1) is 11.1 Å². The van der Waals surface area contributed by atoms with E-state index in [9.17, 15) is 9.18 Å². The van der Waals surface area contributed by atoms with Gasteiger partial charge >= 0.3 is 0 Å². The SMILES string of the molecule is O=C(NC1CCN(c2ncnc3ccccc23)CC1)c1c(F)cccc1I. The second-order valence-electron chi connectivity index (χ2n) is 6.55. The maximum absolute atomic E-state index is 14.0. The van der Waals surface area contributed by atoms with Gasteiger partial charge < -0.3 is 10.2 Å². The van der Waals surface area contributed by atoms with E-state index in [1.807, 2.05) is 46.9 Å². The van der Waals surface area contributed by atoms with Crippen LogP contribution >= 0.6 is 22.6 Å². The van der Waals surface area contributed by atoms with Gasteiger partial charge in [-0.05, 0) is 59.7 Å². The molecule has 1 N–H and O–H groups in total. The topological polar surface area (TPSA) is 58.1 Å². The number of hydrogen-bond donors (Lipinski definition) is 1. The molecule has 27 heavy (non-hydrogen) atoms. The predicted octanol–water partition coefficient (Wildman–Crippen LogP) is 3.77. The molecule has 0 saturated carbocycles. The standard InChI is InChI=1S/C20H18FIN4O/c21-15-5-3-6-16(22)18(15)20(27)25-13-8-10-26(11-9-13)19-14-4-1-2-7-17(14)23-12-24-19/h1-7,12-13H,8-11H2,(H,25,27). The van der Waals surface area contributed by atoms with E-state index in [0.717, 1.165) is 42.7 Å². The van der Waals surface area contributed by atoms with Crippen LogP contribution in [0.25, 0.3) is 10.9 Å². The Hall–Kier alpha value is -2.29. The van der Waals surface area contributed by atoms with E-state index in [4.69, 9.17) is 0 Å². The van der Waals surface area contributed by atoms with E-state index in [0.29, 0.717) is 3.57 Å². The molecule has 1 saturated heterocycles. The zero-order valence-electron chi connectivity index (χ0n) is 14.5. The minimum Gasteiger partial charge on any atom is -0.356 e. The number of nitrogens with one attached hydrogen (secondary N) is 1. The molecular weight excluding hydrogens is 458 g/mol. The Bertz CT molecular complexity index is 963. The number of aromatic nitrogens is 2. The van der Waals surface area contributed by atoms with Gasteiger partial charge in [0.15, 0.2) is 0 Å². The Morgan fingerprint density at radius 3 is 2.67 bits per heavy atom. The first-order chi connectivity index (χ1) is 13.1. The van der Waals surface area contributed by atoms with Gasteiger partial charge in [-0.15, -0.1) is 0 Å². The van der Waals surface area contributed by atoms with Crippen molar-refractivity contribution in [3.05, 3.63) is 63.7 Å². The molecule has 2 heterocycles. The summed E-state index contributed by atoms with van der Waals surface area (Å²) in [6, 6.07) is 12.6. The largest absolute Gasteiger partial charge is 0.356 e. The number of halogens is 2. The van der Waals surface area contributed by atoms with Crippen LogP contribution in [0.3, 0.4) is 0 Å². The number of benzene rings is 2. The summed E-state index contributed by atoms with van der Waals surface area (Å²) in [7, 11) is 0. The first kappa shape index (κ1) is 18.1. The fourth-order valence-electron chi connectivity index (χ4n) is 3.45. The Labute approximate surface area is 170 Å². The molecule has 0 spiro atoms. The molecule has 7 heteroatoms. The van der Waals surface area contributed by atoms with Gasteiger partial charge in [0.2, 0.25) is 0 Å². The van der Waals surface area contributed by atoms with Crippen molar-refractivity contribution in [1.82, 2.24) is 15.3 Å². The van der Waals surface area contributed by atoms with Gasteiger partial charge in [-0.2, -0.15) is 0 Å². The molecule has 0 bridgehead atoms. The lowest BCUT2D eigenvalue weighted by Gasteiger charge is -2.33. The van der Waals surface area contributed by atoms with Crippen LogP contribution in [0, 0.1) is 9.39 Å². The van der Waals surface area contributed by atoms with E-state index >= 15 is 0 Å². The highest BCUT2D eigenvalue weighted by Crippen LogP contribution is 2.25. The molecule has 2 aromatic carbocycles. The van der Waals surface area contributed by atoms with E-state index in [1.165, 1.54) is 6.07 Å². The lowest BCUT2D eigenvalue weighted by molar-refractivity contribution is 0.0926. The van der Waals surface area contributed by atoms with Crippen LogP contribution in [0.5, 0.6) is 0 Å². The molecule has 1 aliphatic rings. The lowest BCUT2D eigenvalue weighted by Crippen LogP contribution is -2.45. The van der Waals surface area contributed by atoms with Crippen LogP contribution in [-0.2, 0) is 0 Å². The van der Waals surface area contributed by atoms with Crippen molar-refractivity contribution in [2.24, 2.45) is 0 Å². The number of nitrogens with zero attached hydrogens (tertiary/aromatic N) is 3. The Balaban J connectivity index is 1.44. The van der Waals surface area contributed by atoms with Crippen LogP contribution in [0.1, 0.15) is 23.2 Å². The molecule has 1 aromatic heterocycles. The van der Waals surface area contributed by atoms with Gasteiger partial charge in [-0.3, -0.25) is 4.79 Å². The van der Waals surface area contributed by atoms with Crippen molar-refractivity contribution >= 4 is 45.2 Å². The molecule has 0 radical (unpaired) electrons. The molecular formula is C20H18FIN4O. The number of carbonyl (C=O) groups is 1. The fraction of sp³-hybridized carbons (Fsp3) is 0.250. The van der Waals surface area contributed by atoms with Crippen LogP contribution in [0.4, 0.5) is 10.2 Å². The second kappa shape index (κ2) is 7.75. The zero-order valence-corrected chi connectivity index (χ0v) is 16.7. The van der Waals surface area contributed by atoms with Crippen LogP contribution in [-0.4, -0.2) is 35.0 Å². The van der Waals surface area contributed by atoms with Gasteiger partial charge in [-0.25, -0.2) is 14.4 Å². The first-order valence-electron chi connectivity index (χ1n) is 8.83. The minimum absolute atomic E-state index is 0.0252. The number of para-hydroxylation sites is 1. The van der Waals surface area contributed by atoms with Crippen LogP contribution in [0.2, 0.25) is 0 Å². The van der Waals surface area contributed by atoms with Crippen LogP contribution in [0.15, 0.2) is 48.8 Å². The third-order valence-electron chi connectivity index (χ3n) is 4.84. The van der Waals surface area contributed by atoms with Gasteiger partial charge in [0.1, 0.15) is 18.0 Å². The highest BCUT2D eigenvalue weighted by molar-refractivity contribution is 14.1. The quantitative estimate of drug-likeness (QED) is 0.585. The average Bonchev–Trinajstić information content (AvgIpc) is 2.68. The van der Waals surface area contributed by atoms with Crippen molar-refractivity contribution < 1.29 is 9.18 Å². The lowest BCUT2D eigenvalue weighted by atomic mass is 10.0. The molecule has 1 amide bonds. The Morgan fingerprint density at radius 1 is 1.11 bits per heavy atom. The third-order valence-corrected chi connectivity index (χ3v) is 5.74. The number of piperidine rings is 1. The highest BCUT2D eigenvalue weighted by Gasteiger charge is 2.24. The number of amides is 1. The number of carbonyl (C=O) groups excluding carboxylic acids is 1. The third kappa shape index (κ3) is 3.73. The van der Waals surface area contributed by atoms with Crippen molar-refractivity contribution in [2.45, 2.75) is 18.9 Å². The smallest absolute Gasteiger partial charge is 0.255 e. The molecule has 1 fully saturated rings. The van der Waals surface area contributed by atoms with Crippen molar-refractivity contribution in [1.29, 1.82) is 0 Å². The van der Waals surface area contributed by atoms with Crippen molar-refractivity contribution in [2.75, 3.05) is 18.0 Å². The van der Waals surface area contributed by atoms with E-state index in [-0.39, 0.29) is 17.5 Å². The van der Waals surface area contributed by atoms with Crippen molar-refractivity contribution in [3.8, 4) is 0 Å². The van der Waals surface area contributed by atoms with Gasteiger partial charge in [-0.1, -0.05) is 18.2 Å². The van der Waals surface area contributed by atoms with E-state index in [2.05, 4.69) is 20.2 Å². The number of anilines is 1. The molecule has 0 aliphatic carbocycles. The summed E-state index contributed by atoms with van der Waals surface area (Å²) in [5, 5.41) is 4.01. The number of rotatable bonds is 3. The summed E-state index contributed by atoms with van der Waals surface area (Å²) in [5.74, 6) is 0.0988. The molecule has 5 nitrogen and oxygen atoms in total. The summed E-state index contributed by atoms with van der Waals surface area (Å²) >= 11 is 1.99. The molecule has 3 aromatic rings. The summed E-state index contributed by atoms with van der Waals surface area (Å²) in [4.78, 5) is 23.5. The molecule has 0 atom stereocenters. The molecule has 138 valence electrons. The second-order valence-corrected chi connectivity index (χ2v) is 7.71. The summed E-state index contributed by atoms with van der Waals surface area (Å²) in [5.41, 5.74) is 1.05. The summed E-state index contributed by atoms with van der Waals surface area (Å²) < 4.78 is 14.6. The van der Waals surface area contributed by atoms with Crippen molar-refractivity contribution in [3.63, 3.8) is 0 Å². The normalized spacial score (nSPS) is 15.1. The average molecular weight is 476 g/mol. The zero-order chi connectivity index (χ0) is 18.8. The van der Waals surface area contributed by atoms with E-state index < -0.39 is 5.82 Å². The fourth-order valence-corrected chi connectivity index (χ4v) is 4.16. The van der Waals surface area contributed by atoms with Crippen LogP contribution < -0.4 is 10.2 Å². The maximum Gasteiger partial charge on any atom is 0.255 e. The highest BCUT2D eigenvalue weighted by atomic mass is 127. The maximum atomic E-state index is 14.0. The minimum atomic E-state index is -0.482. The monoisotopic (exact) mass is 476 g/mol. The summed E-state index contributed by atoms with van der Waals surface area (Å²) in [6.45, 7) is 1.56. The Morgan fingerprint density at radius 2 is 1.89 bits per heavy atom. The first-order valence-corrected chi connectivity index (χ1v) is 9.91. The predicted molar refractivity (Wildman–Crippen MR) is 111 cm³/mol.